The molecule has 0 saturated carbocycles. The molecule has 1 aliphatic heterocycles. The summed E-state index contributed by atoms with van der Waals surface area (Å²) in [5, 5.41) is 4.22. The van der Waals surface area contributed by atoms with Gasteiger partial charge in [0.15, 0.2) is 0 Å². The average Bonchev–Trinajstić information content (AvgIpc) is 2.91. The van der Waals surface area contributed by atoms with Crippen LogP contribution in [0.15, 0.2) is 12.3 Å². The van der Waals surface area contributed by atoms with Crippen molar-refractivity contribution in [3.63, 3.8) is 0 Å². The number of amides is 1. The zero-order valence-corrected chi connectivity index (χ0v) is 12.7. The summed E-state index contributed by atoms with van der Waals surface area (Å²) in [4.78, 5) is 14.3. The van der Waals surface area contributed by atoms with Gasteiger partial charge in [-0.15, -0.1) is 0 Å². The van der Waals surface area contributed by atoms with Crippen LogP contribution in [0.1, 0.15) is 44.7 Å². The van der Waals surface area contributed by atoms with Gasteiger partial charge >= 0.3 is 0 Å². The minimum atomic E-state index is -0.353. The third kappa shape index (κ3) is 3.03. The van der Waals surface area contributed by atoms with E-state index in [1.165, 1.54) is 5.69 Å². The largest absolute Gasteiger partial charge is 0.341 e. The Morgan fingerprint density at radius 3 is 2.65 bits per heavy atom. The Morgan fingerprint density at radius 2 is 2.15 bits per heavy atom. The van der Waals surface area contributed by atoms with Crippen LogP contribution in [0, 0.1) is 5.92 Å². The number of piperidine rings is 1. The zero-order chi connectivity index (χ0) is 14.7. The van der Waals surface area contributed by atoms with Gasteiger partial charge in [-0.3, -0.25) is 9.48 Å². The van der Waals surface area contributed by atoms with E-state index in [9.17, 15) is 4.79 Å². The molecule has 0 unspecified atom stereocenters. The molecule has 0 radical (unpaired) electrons. The number of likely N-dealkylation sites (tertiary alicyclic amines) is 1. The van der Waals surface area contributed by atoms with Gasteiger partial charge in [-0.1, -0.05) is 20.3 Å². The fourth-order valence-electron chi connectivity index (χ4n) is 2.89. The fourth-order valence-corrected chi connectivity index (χ4v) is 2.89. The Kier molecular flexibility index (Phi) is 4.81. The molecule has 0 aliphatic carbocycles. The molecule has 1 amide bonds. The Balaban J connectivity index is 1.91. The molecule has 5 heteroatoms. The Bertz CT molecular complexity index is 448. The second-order valence-electron chi connectivity index (χ2n) is 5.89. The van der Waals surface area contributed by atoms with Gasteiger partial charge in [0.25, 0.3) is 0 Å². The topological polar surface area (TPSA) is 64.2 Å². The fraction of sp³-hybridized carbons (Fsp3) is 0.733. The van der Waals surface area contributed by atoms with Crippen molar-refractivity contribution in [3.05, 3.63) is 18.0 Å². The molecule has 0 spiro atoms. The molecule has 1 aromatic heterocycles. The van der Waals surface area contributed by atoms with Crippen molar-refractivity contribution < 1.29 is 4.79 Å². The summed E-state index contributed by atoms with van der Waals surface area (Å²) in [6.45, 7) is 5.73. The van der Waals surface area contributed by atoms with E-state index in [0.29, 0.717) is 5.92 Å². The van der Waals surface area contributed by atoms with E-state index >= 15 is 0 Å². The lowest BCUT2D eigenvalue weighted by atomic mass is 9.92. The Morgan fingerprint density at radius 1 is 1.50 bits per heavy atom. The highest BCUT2D eigenvalue weighted by Gasteiger charge is 2.29. The number of carbonyl (C=O) groups is 1. The smallest absolute Gasteiger partial charge is 0.239 e. The molecular formula is C15H26N4O. The van der Waals surface area contributed by atoms with E-state index in [1.54, 1.807) is 0 Å². The van der Waals surface area contributed by atoms with Crippen LogP contribution in [0.2, 0.25) is 0 Å². The molecule has 0 aromatic carbocycles. The summed E-state index contributed by atoms with van der Waals surface area (Å²) in [7, 11) is 1.98. The van der Waals surface area contributed by atoms with Gasteiger partial charge in [0.05, 0.1) is 6.04 Å². The molecule has 5 nitrogen and oxygen atoms in total. The van der Waals surface area contributed by atoms with E-state index in [-0.39, 0.29) is 17.9 Å². The van der Waals surface area contributed by atoms with Gasteiger partial charge in [-0.2, -0.15) is 5.10 Å². The van der Waals surface area contributed by atoms with Gasteiger partial charge in [-0.25, -0.2) is 0 Å². The van der Waals surface area contributed by atoms with E-state index in [0.717, 1.165) is 32.4 Å². The minimum Gasteiger partial charge on any atom is -0.341 e. The first kappa shape index (κ1) is 15.0. The first-order chi connectivity index (χ1) is 9.54. The monoisotopic (exact) mass is 278 g/mol. The summed E-state index contributed by atoms with van der Waals surface area (Å²) in [6.07, 6.45) is 4.78. The van der Waals surface area contributed by atoms with Crippen LogP contribution >= 0.6 is 0 Å². The van der Waals surface area contributed by atoms with E-state index in [2.05, 4.69) is 18.1 Å². The van der Waals surface area contributed by atoms with Gasteiger partial charge < -0.3 is 10.6 Å². The van der Waals surface area contributed by atoms with Crippen molar-refractivity contribution in [2.75, 3.05) is 13.1 Å². The summed E-state index contributed by atoms with van der Waals surface area (Å²) in [5.41, 5.74) is 7.32. The number of hydrogen-bond donors (Lipinski definition) is 1. The lowest BCUT2D eigenvalue weighted by molar-refractivity contribution is -0.134. The van der Waals surface area contributed by atoms with Crippen LogP contribution in [0.3, 0.4) is 0 Å². The Labute approximate surface area is 121 Å². The second kappa shape index (κ2) is 6.39. The summed E-state index contributed by atoms with van der Waals surface area (Å²) >= 11 is 0. The number of aromatic nitrogens is 2. The molecule has 1 saturated heterocycles. The van der Waals surface area contributed by atoms with Crippen LogP contribution in [0.5, 0.6) is 0 Å². The number of rotatable bonds is 4. The van der Waals surface area contributed by atoms with Crippen LogP contribution in [-0.4, -0.2) is 39.7 Å². The number of nitrogens with two attached hydrogens (primary N) is 1. The van der Waals surface area contributed by atoms with Crippen LogP contribution in [-0.2, 0) is 11.8 Å². The molecule has 1 aliphatic rings. The van der Waals surface area contributed by atoms with Gasteiger partial charge in [0.2, 0.25) is 5.91 Å². The molecule has 1 aromatic rings. The van der Waals surface area contributed by atoms with Crippen molar-refractivity contribution >= 4 is 5.91 Å². The predicted molar refractivity (Wildman–Crippen MR) is 79.2 cm³/mol. The number of nitrogens with zero attached hydrogens (tertiary/aromatic N) is 3. The number of aryl methyl sites for hydroxylation is 1. The third-order valence-corrected chi connectivity index (χ3v) is 4.63. The molecule has 2 rings (SSSR count). The maximum Gasteiger partial charge on any atom is 0.239 e. The molecule has 0 bridgehead atoms. The van der Waals surface area contributed by atoms with Crippen molar-refractivity contribution in [1.29, 1.82) is 0 Å². The number of carbonyl (C=O) groups excluding carboxylic acids is 1. The van der Waals surface area contributed by atoms with Gasteiger partial charge in [-0.05, 0) is 24.8 Å². The number of hydrogen-bond acceptors (Lipinski definition) is 3. The standard InChI is InChI=1S/C15H26N4O/c1-4-11(2)14(16)15(20)19-9-6-12(7-10-19)13-5-8-17-18(13)3/h5,8,11-12,14H,4,6-7,9-10,16H2,1-3H3/t11-,14-/m0/s1. The molecule has 112 valence electrons. The SMILES string of the molecule is CC[C@H](C)[C@H](N)C(=O)N1CCC(c2ccnn2C)CC1. The highest BCUT2D eigenvalue weighted by Crippen LogP contribution is 2.27. The highest BCUT2D eigenvalue weighted by atomic mass is 16.2. The van der Waals surface area contributed by atoms with Crippen molar-refractivity contribution in [2.45, 2.75) is 45.1 Å². The summed E-state index contributed by atoms with van der Waals surface area (Å²) in [6, 6.07) is 1.72. The van der Waals surface area contributed by atoms with E-state index in [4.69, 9.17) is 5.73 Å². The second-order valence-corrected chi connectivity index (χ2v) is 5.89. The van der Waals surface area contributed by atoms with Crippen LogP contribution in [0.4, 0.5) is 0 Å². The average molecular weight is 278 g/mol. The lowest BCUT2D eigenvalue weighted by Gasteiger charge is -2.34. The normalized spacial score (nSPS) is 19.9. The molecule has 2 N–H and O–H groups in total. The minimum absolute atomic E-state index is 0.114. The van der Waals surface area contributed by atoms with Gasteiger partial charge in [0.1, 0.15) is 0 Å². The molecule has 20 heavy (non-hydrogen) atoms. The van der Waals surface area contributed by atoms with E-state index < -0.39 is 0 Å². The summed E-state index contributed by atoms with van der Waals surface area (Å²) < 4.78 is 1.94. The molecular weight excluding hydrogens is 252 g/mol. The quantitative estimate of drug-likeness (QED) is 0.907. The lowest BCUT2D eigenvalue weighted by Crippen LogP contribution is -2.49. The van der Waals surface area contributed by atoms with Crippen LogP contribution < -0.4 is 5.73 Å². The van der Waals surface area contributed by atoms with Crippen molar-refractivity contribution in [2.24, 2.45) is 18.7 Å². The highest BCUT2D eigenvalue weighted by molar-refractivity contribution is 5.82. The molecule has 2 atom stereocenters. The van der Waals surface area contributed by atoms with Crippen molar-refractivity contribution in [1.82, 2.24) is 14.7 Å². The maximum absolute atomic E-state index is 12.3. The van der Waals surface area contributed by atoms with Crippen molar-refractivity contribution in [3.8, 4) is 0 Å². The van der Waals surface area contributed by atoms with Gasteiger partial charge in [0, 0.05) is 37.9 Å². The maximum atomic E-state index is 12.3. The zero-order valence-electron chi connectivity index (χ0n) is 12.7. The van der Waals surface area contributed by atoms with Crippen LogP contribution in [0.25, 0.3) is 0 Å². The predicted octanol–water partition coefficient (Wildman–Crippen LogP) is 1.50. The van der Waals surface area contributed by atoms with E-state index in [1.807, 2.05) is 29.7 Å². The third-order valence-electron chi connectivity index (χ3n) is 4.63. The molecule has 2 heterocycles. The first-order valence-electron chi connectivity index (χ1n) is 7.56. The Hall–Kier alpha value is -1.36. The molecule has 1 fully saturated rings. The summed E-state index contributed by atoms with van der Waals surface area (Å²) in [5.74, 6) is 0.867. The first-order valence-corrected chi connectivity index (χ1v) is 7.56.